The smallest absolute Gasteiger partial charge is 0.100 e. The largest absolute Gasteiger partial charge is 0.372 e. The number of benzene rings is 2. The average Bonchev–Trinajstić information content (AvgIpc) is 3.10. The van der Waals surface area contributed by atoms with Crippen LogP contribution in [0.5, 0.6) is 0 Å². The van der Waals surface area contributed by atoms with Gasteiger partial charge < -0.3 is 9.30 Å². The van der Waals surface area contributed by atoms with E-state index in [-0.39, 0.29) is 6.10 Å². The number of rotatable bonds is 8. The minimum Gasteiger partial charge on any atom is -0.372 e. The quantitative estimate of drug-likeness (QED) is 0.548. The molecule has 3 rings (SSSR count). The van der Waals surface area contributed by atoms with Crippen molar-refractivity contribution in [1.29, 1.82) is 0 Å². The molecule has 1 heterocycles. The Labute approximate surface area is 137 Å². The maximum atomic E-state index is 6.20. The molecule has 23 heavy (non-hydrogen) atoms. The lowest BCUT2D eigenvalue weighted by molar-refractivity contribution is 0.0382. The summed E-state index contributed by atoms with van der Waals surface area (Å²) in [6, 6.07) is 15.1. The highest BCUT2D eigenvalue weighted by Crippen LogP contribution is 2.24. The number of ether oxygens (including phenoxy) is 1. The van der Waals surface area contributed by atoms with Crippen molar-refractivity contribution in [3.05, 3.63) is 66.7 Å². The van der Waals surface area contributed by atoms with Crippen molar-refractivity contribution in [2.24, 2.45) is 0 Å². The zero-order valence-corrected chi connectivity index (χ0v) is 13.7. The number of fused-ring (bicyclic) bond motifs is 1. The molecule has 3 heteroatoms. The Balaban J connectivity index is 1.79. The number of nitrogens with zero attached hydrogens (tertiary/aromatic N) is 2. The molecule has 0 aliphatic rings. The van der Waals surface area contributed by atoms with E-state index in [0.717, 1.165) is 19.6 Å². The summed E-state index contributed by atoms with van der Waals surface area (Å²) in [5.41, 5.74) is 1.23. The van der Waals surface area contributed by atoms with Gasteiger partial charge in [-0.2, -0.15) is 0 Å². The van der Waals surface area contributed by atoms with Crippen LogP contribution in [0.1, 0.15) is 37.9 Å². The monoisotopic (exact) mass is 308 g/mol. The third-order valence-corrected chi connectivity index (χ3v) is 4.15. The summed E-state index contributed by atoms with van der Waals surface area (Å²) in [5, 5.41) is 2.53. The van der Waals surface area contributed by atoms with Crippen LogP contribution >= 0.6 is 0 Å². The predicted molar refractivity (Wildman–Crippen MR) is 94.4 cm³/mol. The molecule has 0 bridgehead atoms. The first kappa shape index (κ1) is 15.8. The van der Waals surface area contributed by atoms with Crippen LogP contribution in [-0.4, -0.2) is 16.2 Å². The Kier molecular flexibility index (Phi) is 5.43. The molecule has 0 saturated heterocycles. The van der Waals surface area contributed by atoms with E-state index in [1.165, 1.54) is 29.2 Å². The van der Waals surface area contributed by atoms with Crippen LogP contribution in [0.2, 0.25) is 0 Å². The zero-order chi connectivity index (χ0) is 15.9. The molecule has 0 spiro atoms. The van der Waals surface area contributed by atoms with Crippen molar-refractivity contribution in [1.82, 2.24) is 9.55 Å². The molecule has 120 valence electrons. The normalized spacial score (nSPS) is 12.6. The third kappa shape index (κ3) is 4.20. The SMILES string of the molecule is CCCCCOC(Cn1ccnc1)c1ccc2ccccc2c1. The molecule has 1 aromatic heterocycles. The molecule has 0 aliphatic carbocycles. The van der Waals surface area contributed by atoms with Gasteiger partial charge in [0.25, 0.3) is 0 Å². The van der Waals surface area contributed by atoms with E-state index >= 15 is 0 Å². The van der Waals surface area contributed by atoms with E-state index in [0.29, 0.717) is 0 Å². The van der Waals surface area contributed by atoms with Gasteiger partial charge in [0.1, 0.15) is 6.10 Å². The Bertz CT molecular complexity index is 721. The summed E-state index contributed by atoms with van der Waals surface area (Å²) in [5.74, 6) is 0. The van der Waals surface area contributed by atoms with E-state index in [1.807, 2.05) is 18.7 Å². The second kappa shape index (κ2) is 7.93. The molecule has 1 atom stereocenters. The number of hydrogen-bond acceptors (Lipinski definition) is 2. The van der Waals surface area contributed by atoms with Gasteiger partial charge in [0.05, 0.1) is 12.9 Å². The van der Waals surface area contributed by atoms with Gasteiger partial charge in [-0.1, -0.05) is 56.2 Å². The molecule has 0 aliphatic heterocycles. The minimum atomic E-state index is 0.0608. The number of unbranched alkanes of at least 4 members (excludes halogenated alkanes) is 2. The Morgan fingerprint density at radius 2 is 1.96 bits per heavy atom. The lowest BCUT2D eigenvalue weighted by Crippen LogP contribution is -2.12. The lowest BCUT2D eigenvalue weighted by Gasteiger charge is -2.19. The van der Waals surface area contributed by atoms with E-state index in [1.54, 1.807) is 0 Å². The van der Waals surface area contributed by atoms with Crippen molar-refractivity contribution in [2.75, 3.05) is 6.61 Å². The van der Waals surface area contributed by atoms with Gasteiger partial charge in [0.2, 0.25) is 0 Å². The second-order valence-electron chi connectivity index (χ2n) is 5.93. The number of hydrogen-bond donors (Lipinski definition) is 0. The van der Waals surface area contributed by atoms with Crippen molar-refractivity contribution in [3.63, 3.8) is 0 Å². The maximum absolute atomic E-state index is 6.20. The minimum absolute atomic E-state index is 0.0608. The molecule has 0 radical (unpaired) electrons. The van der Waals surface area contributed by atoms with Crippen LogP contribution in [0.3, 0.4) is 0 Å². The Morgan fingerprint density at radius 1 is 1.09 bits per heavy atom. The zero-order valence-electron chi connectivity index (χ0n) is 13.7. The molecule has 0 fully saturated rings. The van der Waals surface area contributed by atoms with E-state index in [2.05, 4.69) is 58.9 Å². The van der Waals surface area contributed by atoms with Gasteiger partial charge in [-0.25, -0.2) is 4.98 Å². The number of imidazole rings is 1. The molecule has 0 saturated carbocycles. The highest BCUT2D eigenvalue weighted by molar-refractivity contribution is 5.83. The fourth-order valence-corrected chi connectivity index (χ4v) is 2.83. The van der Waals surface area contributed by atoms with Crippen molar-refractivity contribution >= 4 is 10.8 Å². The molecule has 3 aromatic rings. The van der Waals surface area contributed by atoms with Crippen LogP contribution in [0.4, 0.5) is 0 Å². The summed E-state index contributed by atoms with van der Waals surface area (Å²) >= 11 is 0. The van der Waals surface area contributed by atoms with Gasteiger partial charge in [0, 0.05) is 19.0 Å². The average molecular weight is 308 g/mol. The van der Waals surface area contributed by atoms with Gasteiger partial charge in [-0.3, -0.25) is 0 Å². The molecule has 3 nitrogen and oxygen atoms in total. The second-order valence-corrected chi connectivity index (χ2v) is 5.93. The predicted octanol–water partition coefficient (Wildman–Crippen LogP) is 4.98. The fraction of sp³-hybridized carbons (Fsp3) is 0.350. The first-order valence-corrected chi connectivity index (χ1v) is 8.43. The molecule has 1 unspecified atom stereocenters. The molecular weight excluding hydrogens is 284 g/mol. The summed E-state index contributed by atoms with van der Waals surface area (Å²) in [7, 11) is 0. The van der Waals surface area contributed by atoms with E-state index < -0.39 is 0 Å². The van der Waals surface area contributed by atoms with Gasteiger partial charge in [0.15, 0.2) is 0 Å². The van der Waals surface area contributed by atoms with Gasteiger partial charge in [-0.15, -0.1) is 0 Å². The van der Waals surface area contributed by atoms with Gasteiger partial charge >= 0.3 is 0 Å². The number of aromatic nitrogens is 2. The summed E-state index contributed by atoms with van der Waals surface area (Å²) in [4.78, 5) is 4.14. The lowest BCUT2D eigenvalue weighted by atomic mass is 10.0. The van der Waals surface area contributed by atoms with Crippen LogP contribution in [0, 0.1) is 0 Å². The highest BCUT2D eigenvalue weighted by atomic mass is 16.5. The van der Waals surface area contributed by atoms with Crippen molar-refractivity contribution in [3.8, 4) is 0 Å². The van der Waals surface area contributed by atoms with Crippen molar-refractivity contribution in [2.45, 2.75) is 38.8 Å². The van der Waals surface area contributed by atoms with Crippen LogP contribution in [0.25, 0.3) is 10.8 Å². The van der Waals surface area contributed by atoms with Crippen LogP contribution < -0.4 is 0 Å². The fourth-order valence-electron chi connectivity index (χ4n) is 2.83. The first-order valence-electron chi connectivity index (χ1n) is 8.43. The maximum Gasteiger partial charge on any atom is 0.100 e. The highest BCUT2D eigenvalue weighted by Gasteiger charge is 2.13. The molecule has 2 aromatic carbocycles. The van der Waals surface area contributed by atoms with E-state index in [4.69, 9.17) is 4.74 Å². The molecular formula is C20H24N2O. The molecule has 0 amide bonds. The third-order valence-electron chi connectivity index (χ3n) is 4.15. The standard InChI is InChI=1S/C20H24N2O/c1-2-3-6-13-23-20(15-22-12-11-21-16-22)19-10-9-17-7-4-5-8-18(17)14-19/h4-5,7-12,14,16,20H,2-3,6,13,15H2,1H3. The van der Waals surface area contributed by atoms with Crippen LogP contribution in [0.15, 0.2) is 61.2 Å². The van der Waals surface area contributed by atoms with Gasteiger partial charge in [-0.05, 0) is 28.8 Å². The summed E-state index contributed by atoms with van der Waals surface area (Å²) in [6.45, 7) is 3.82. The van der Waals surface area contributed by atoms with E-state index in [9.17, 15) is 0 Å². The topological polar surface area (TPSA) is 27.1 Å². The summed E-state index contributed by atoms with van der Waals surface area (Å²) < 4.78 is 8.29. The van der Waals surface area contributed by atoms with Crippen LogP contribution in [-0.2, 0) is 11.3 Å². The Hall–Kier alpha value is -2.13. The Morgan fingerprint density at radius 3 is 2.74 bits per heavy atom. The first-order chi connectivity index (χ1) is 11.4. The summed E-state index contributed by atoms with van der Waals surface area (Å²) in [6.07, 6.45) is 9.26. The van der Waals surface area contributed by atoms with Crippen molar-refractivity contribution < 1.29 is 4.74 Å². The molecule has 0 N–H and O–H groups in total.